The highest BCUT2D eigenvalue weighted by Gasteiger charge is 2.20. The van der Waals surface area contributed by atoms with Crippen LogP contribution in [0.1, 0.15) is 13.8 Å². The monoisotopic (exact) mass is 192 g/mol. The number of para-hydroxylation sites is 1. The quantitative estimate of drug-likeness (QED) is 0.768. The van der Waals surface area contributed by atoms with Crippen LogP contribution in [0.15, 0.2) is 30.3 Å². The zero-order valence-corrected chi connectivity index (χ0v) is 8.32. The van der Waals surface area contributed by atoms with Crippen molar-refractivity contribution in [2.24, 2.45) is 0 Å². The van der Waals surface area contributed by atoms with E-state index in [2.05, 4.69) is 5.32 Å². The van der Waals surface area contributed by atoms with Gasteiger partial charge in [0.25, 0.3) is 0 Å². The van der Waals surface area contributed by atoms with Crippen LogP contribution in [0, 0.1) is 5.92 Å². The van der Waals surface area contributed by atoms with Crippen molar-refractivity contribution in [1.82, 2.24) is 0 Å². The van der Waals surface area contributed by atoms with Gasteiger partial charge < -0.3 is 10.4 Å². The summed E-state index contributed by atoms with van der Waals surface area (Å²) in [5.74, 6) is -0.0183. The molecule has 14 heavy (non-hydrogen) atoms. The number of aliphatic carboxylic acids is 1. The van der Waals surface area contributed by atoms with Crippen LogP contribution >= 0.6 is 0 Å². The lowest BCUT2D eigenvalue weighted by molar-refractivity contribution is -0.137. The van der Waals surface area contributed by atoms with Gasteiger partial charge in [-0.2, -0.15) is 0 Å². The van der Waals surface area contributed by atoms with Gasteiger partial charge in [0, 0.05) is 11.6 Å². The molecule has 0 fully saturated rings. The van der Waals surface area contributed by atoms with E-state index in [1.165, 1.54) is 0 Å². The predicted octanol–water partition coefficient (Wildman–Crippen LogP) is 2.17. The number of carboxylic acid groups (broad SMARTS) is 1. The van der Waals surface area contributed by atoms with E-state index in [0.29, 0.717) is 0 Å². The van der Waals surface area contributed by atoms with Crippen LogP contribution in [-0.2, 0) is 4.79 Å². The van der Waals surface area contributed by atoms with Crippen molar-refractivity contribution in [3.63, 3.8) is 0 Å². The Bertz CT molecular complexity index is 295. The van der Waals surface area contributed by atoms with Crippen molar-refractivity contribution in [1.29, 1.82) is 0 Å². The van der Waals surface area contributed by atoms with Crippen LogP contribution < -0.4 is 5.32 Å². The first-order valence-corrected chi connectivity index (χ1v) is 4.45. The first kappa shape index (κ1) is 10.6. The third kappa shape index (κ3) is 2.76. The van der Waals surface area contributed by atoms with Crippen LogP contribution in [0.3, 0.4) is 0 Å². The van der Waals surface area contributed by atoms with Crippen molar-refractivity contribution in [2.45, 2.75) is 19.9 Å². The van der Waals surface area contributed by atoms with Crippen LogP contribution in [-0.4, -0.2) is 17.1 Å². The summed E-state index contributed by atoms with van der Waals surface area (Å²) < 4.78 is 0. The summed E-state index contributed by atoms with van der Waals surface area (Å²) in [5.41, 5.74) is 0.820. The number of carbonyl (C=O) groups is 1. The normalized spacial score (nSPS) is 12.5. The van der Waals surface area contributed by atoms with Gasteiger partial charge in [-0.15, -0.1) is 0 Å². The fourth-order valence-electron chi connectivity index (χ4n) is 1.15. The molecule has 0 heterocycles. The van der Waals surface area contributed by atoms with Gasteiger partial charge in [-0.1, -0.05) is 32.0 Å². The average Bonchev–Trinajstić information content (AvgIpc) is 2.15. The number of benzene rings is 1. The molecule has 0 spiro atoms. The second-order valence-corrected chi connectivity index (χ2v) is 3.36. The Kier molecular flexibility index (Phi) is 3.51. The molecule has 2 N–H and O–H groups in total. The summed E-state index contributed by atoms with van der Waals surface area (Å²) in [5, 5.41) is 11.9. The zero-order chi connectivity index (χ0) is 10.6. The lowest BCUT2D eigenvalue weighted by Crippen LogP contribution is -2.33. The van der Waals surface area contributed by atoms with Gasteiger partial charge in [-0.25, -0.2) is 4.79 Å². The highest BCUT2D eigenvalue weighted by Crippen LogP contribution is 2.13. The SMILES string of the molecule is C[C](C)C(Nc1ccccc1)C(=O)O. The van der Waals surface area contributed by atoms with E-state index in [9.17, 15) is 4.79 Å². The highest BCUT2D eigenvalue weighted by atomic mass is 16.4. The molecule has 0 saturated heterocycles. The molecule has 1 aromatic rings. The van der Waals surface area contributed by atoms with E-state index < -0.39 is 12.0 Å². The fraction of sp³-hybridized carbons (Fsp3) is 0.273. The molecule has 1 aromatic carbocycles. The van der Waals surface area contributed by atoms with Gasteiger partial charge >= 0.3 is 5.97 Å². The van der Waals surface area contributed by atoms with Crippen molar-refractivity contribution in [3.8, 4) is 0 Å². The van der Waals surface area contributed by atoms with Gasteiger partial charge in [0.05, 0.1) is 0 Å². The lowest BCUT2D eigenvalue weighted by atomic mass is 10.0. The molecule has 0 aliphatic carbocycles. The van der Waals surface area contributed by atoms with Crippen molar-refractivity contribution >= 4 is 11.7 Å². The first-order valence-electron chi connectivity index (χ1n) is 4.45. The standard InChI is InChI=1S/C11H14NO2/c1-8(2)10(11(13)14)12-9-6-4-3-5-7-9/h3-7,10,12H,1-2H3,(H,13,14). The smallest absolute Gasteiger partial charge is 0.326 e. The zero-order valence-electron chi connectivity index (χ0n) is 8.32. The van der Waals surface area contributed by atoms with E-state index in [4.69, 9.17) is 5.11 Å². The van der Waals surface area contributed by atoms with Crippen molar-refractivity contribution < 1.29 is 9.90 Å². The Morgan fingerprint density at radius 2 is 1.86 bits per heavy atom. The number of hydrogen-bond acceptors (Lipinski definition) is 2. The number of rotatable bonds is 4. The predicted molar refractivity (Wildman–Crippen MR) is 56.1 cm³/mol. The summed E-state index contributed by atoms with van der Waals surface area (Å²) in [6.07, 6.45) is 0. The van der Waals surface area contributed by atoms with Crippen molar-refractivity contribution in [2.75, 3.05) is 5.32 Å². The number of nitrogens with one attached hydrogen (secondary N) is 1. The molecule has 75 valence electrons. The minimum Gasteiger partial charge on any atom is -0.480 e. The Labute approximate surface area is 83.8 Å². The lowest BCUT2D eigenvalue weighted by Gasteiger charge is -2.18. The van der Waals surface area contributed by atoms with E-state index in [1.807, 2.05) is 30.3 Å². The minimum absolute atomic E-state index is 0.614. The molecule has 0 aromatic heterocycles. The number of carboxylic acids is 1. The van der Waals surface area contributed by atoms with E-state index in [0.717, 1.165) is 11.6 Å². The molecule has 0 saturated carbocycles. The summed E-state index contributed by atoms with van der Waals surface area (Å²) in [6.45, 7) is 3.60. The van der Waals surface area contributed by atoms with Crippen LogP contribution in [0.5, 0.6) is 0 Å². The molecule has 0 aliphatic rings. The molecular weight excluding hydrogens is 178 g/mol. The van der Waals surface area contributed by atoms with Gasteiger partial charge in [0.15, 0.2) is 0 Å². The summed E-state index contributed by atoms with van der Waals surface area (Å²) in [7, 11) is 0. The second kappa shape index (κ2) is 4.65. The fourth-order valence-corrected chi connectivity index (χ4v) is 1.15. The molecule has 1 radical (unpaired) electrons. The third-order valence-corrected chi connectivity index (χ3v) is 1.91. The maximum absolute atomic E-state index is 10.9. The Hall–Kier alpha value is -1.51. The molecule has 0 bridgehead atoms. The second-order valence-electron chi connectivity index (χ2n) is 3.36. The average molecular weight is 192 g/mol. The molecular formula is C11H14NO2. The van der Waals surface area contributed by atoms with E-state index in [-0.39, 0.29) is 0 Å². The molecule has 1 atom stereocenters. The molecule has 1 rings (SSSR count). The highest BCUT2D eigenvalue weighted by molar-refractivity contribution is 5.80. The van der Waals surface area contributed by atoms with Crippen LogP contribution in [0.25, 0.3) is 0 Å². The molecule has 0 aliphatic heterocycles. The topological polar surface area (TPSA) is 49.3 Å². The maximum atomic E-state index is 10.9. The molecule has 3 nitrogen and oxygen atoms in total. The minimum atomic E-state index is -0.853. The Morgan fingerprint density at radius 1 is 1.29 bits per heavy atom. The number of anilines is 1. The van der Waals surface area contributed by atoms with E-state index in [1.54, 1.807) is 13.8 Å². The van der Waals surface area contributed by atoms with Crippen LogP contribution in [0.4, 0.5) is 5.69 Å². The van der Waals surface area contributed by atoms with Gasteiger partial charge in [-0.05, 0) is 12.1 Å². The van der Waals surface area contributed by atoms with Crippen molar-refractivity contribution in [3.05, 3.63) is 36.2 Å². The molecule has 3 heteroatoms. The summed E-state index contributed by atoms with van der Waals surface area (Å²) >= 11 is 0. The van der Waals surface area contributed by atoms with Gasteiger partial charge in [0.2, 0.25) is 0 Å². The molecule has 0 amide bonds. The largest absolute Gasteiger partial charge is 0.480 e. The van der Waals surface area contributed by atoms with Crippen LogP contribution in [0.2, 0.25) is 0 Å². The molecule has 1 unspecified atom stereocenters. The summed E-state index contributed by atoms with van der Waals surface area (Å²) in [4.78, 5) is 10.9. The maximum Gasteiger partial charge on any atom is 0.326 e. The summed E-state index contributed by atoms with van der Waals surface area (Å²) in [6, 6.07) is 8.71. The third-order valence-electron chi connectivity index (χ3n) is 1.91. The Morgan fingerprint density at radius 3 is 2.29 bits per heavy atom. The Balaban J connectivity index is 2.70. The van der Waals surface area contributed by atoms with Gasteiger partial charge in [0.1, 0.15) is 6.04 Å². The first-order chi connectivity index (χ1) is 6.61. The van der Waals surface area contributed by atoms with Gasteiger partial charge in [-0.3, -0.25) is 0 Å². The number of hydrogen-bond donors (Lipinski definition) is 2. The van der Waals surface area contributed by atoms with E-state index >= 15 is 0 Å².